The van der Waals surface area contributed by atoms with Crippen LogP contribution in [0.25, 0.3) is 10.2 Å². The van der Waals surface area contributed by atoms with E-state index < -0.39 is 11.7 Å². The highest BCUT2D eigenvalue weighted by Gasteiger charge is 2.19. The summed E-state index contributed by atoms with van der Waals surface area (Å²) in [5.74, 6) is 0. The average Bonchev–Trinajstić information content (AvgIpc) is 2.77. The van der Waals surface area contributed by atoms with Gasteiger partial charge in [-0.05, 0) is 39.0 Å². The van der Waals surface area contributed by atoms with Gasteiger partial charge in [0.2, 0.25) is 0 Å². The van der Waals surface area contributed by atoms with E-state index in [-0.39, 0.29) is 6.04 Å². The van der Waals surface area contributed by atoms with Crippen LogP contribution in [-0.2, 0) is 11.2 Å². The molecule has 0 aromatic carbocycles. The molecule has 2 aromatic rings. The zero-order valence-electron chi connectivity index (χ0n) is 12.9. The molecule has 5 nitrogen and oxygen atoms in total. The molecule has 2 aromatic heterocycles. The Balaban J connectivity index is 2.03. The van der Waals surface area contributed by atoms with Gasteiger partial charge in [-0.2, -0.15) is 0 Å². The number of amides is 1. The molecular formula is C15H20ClN3O2S. The van der Waals surface area contributed by atoms with Crippen LogP contribution in [0.3, 0.4) is 0 Å². The molecule has 7 heteroatoms. The fourth-order valence-corrected chi connectivity index (χ4v) is 3.20. The third kappa shape index (κ3) is 4.83. The Labute approximate surface area is 138 Å². The monoisotopic (exact) mass is 341 g/mol. The van der Waals surface area contributed by atoms with Crippen molar-refractivity contribution in [2.45, 2.75) is 38.8 Å². The number of nitrogens with two attached hydrogens (primary N) is 1. The molecule has 0 saturated carbocycles. The highest BCUT2D eigenvalue weighted by molar-refractivity contribution is 7.19. The third-order valence-electron chi connectivity index (χ3n) is 2.84. The smallest absolute Gasteiger partial charge is 0.407 e. The second kappa shape index (κ2) is 6.81. The van der Waals surface area contributed by atoms with Gasteiger partial charge in [-0.25, -0.2) is 9.78 Å². The van der Waals surface area contributed by atoms with E-state index in [0.29, 0.717) is 18.1 Å². The van der Waals surface area contributed by atoms with Gasteiger partial charge in [0.25, 0.3) is 0 Å². The third-order valence-corrected chi connectivity index (χ3v) is 4.17. The maximum atomic E-state index is 11.8. The van der Waals surface area contributed by atoms with E-state index in [1.807, 2.05) is 32.9 Å². The summed E-state index contributed by atoms with van der Waals surface area (Å²) in [6, 6.07) is 5.50. The van der Waals surface area contributed by atoms with Crippen molar-refractivity contribution in [1.29, 1.82) is 0 Å². The van der Waals surface area contributed by atoms with Gasteiger partial charge < -0.3 is 15.8 Å². The fraction of sp³-hybridized carbons (Fsp3) is 0.467. The number of hydrogen-bond donors (Lipinski definition) is 2. The van der Waals surface area contributed by atoms with Gasteiger partial charge in [0.05, 0.1) is 10.2 Å². The molecule has 0 bridgehead atoms. The molecule has 0 spiro atoms. The number of halogens is 1. The Morgan fingerprint density at radius 2 is 2.23 bits per heavy atom. The van der Waals surface area contributed by atoms with E-state index in [4.69, 9.17) is 22.1 Å². The first-order valence-electron chi connectivity index (χ1n) is 7.01. The highest BCUT2D eigenvalue weighted by atomic mass is 35.5. The van der Waals surface area contributed by atoms with Crippen LogP contribution in [0.15, 0.2) is 18.2 Å². The molecular weight excluding hydrogens is 322 g/mol. The molecule has 0 saturated heterocycles. The molecule has 0 fully saturated rings. The number of fused-ring (bicyclic) bond motifs is 1. The molecule has 3 N–H and O–H groups in total. The van der Waals surface area contributed by atoms with E-state index in [0.717, 1.165) is 15.1 Å². The van der Waals surface area contributed by atoms with E-state index in [9.17, 15) is 4.79 Å². The predicted molar refractivity (Wildman–Crippen MR) is 90.5 cm³/mol. The van der Waals surface area contributed by atoms with Crippen molar-refractivity contribution >= 4 is 39.2 Å². The molecule has 0 radical (unpaired) electrons. The summed E-state index contributed by atoms with van der Waals surface area (Å²) in [5.41, 5.74) is 6.08. The summed E-state index contributed by atoms with van der Waals surface area (Å²) in [6.45, 7) is 5.81. The largest absolute Gasteiger partial charge is 0.444 e. The van der Waals surface area contributed by atoms with Gasteiger partial charge in [-0.15, -0.1) is 11.3 Å². The lowest BCUT2D eigenvalue weighted by molar-refractivity contribution is 0.0506. The number of rotatable bonds is 4. The van der Waals surface area contributed by atoms with Crippen molar-refractivity contribution in [3.63, 3.8) is 0 Å². The maximum absolute atomic E-state index is 11.8. The summed E-state index contributed by atoms with van der Waals surface area (Å²) in [4.78, 5) is 17.2. The molecule has 22 heavy (non-hydrogen) atoms. The highest BCUT2D eigenvalue weighted by Crippen LogP contribution is 2.26. The van der Waals surface area contributed by atoms with Crippen LogP contribution in [-0.4, -0.2) is 29.3 Å². The van der Waals surface area contributed by atoms with Crippen molar-refractivity contribution in [2.24, 2.45) is 5.73 Å². The van der Waals surface area contributed by atoms with E-state index >= 15 is 0 Å². The number of ether oxygens (including phenoxy) is 1. The van der Waals surface area contributed by atoms with Crippen LogP contribution in [0.5, 0.6) is 0 Å². The van der Waals surface area contributed by atoms with E-state index in [1.54, 1.807) is 17.4 Å². The summed E-state index contributed by atoms with van der Waals surface area (Å²) in [6.07, 6.45) is 0.180. The lowest BCUT2D eigenvalue weighted by Gasteiger charge is -2.22. The first-order valence-corrected chi connectivity index (χ1v) is 8.21. The maximum Gasteiger partial charge on any atom is 0.407 e. The molecule has 2 rings (SSSR count). The normalized spacial score (nSPS) is 13.1. The van der Waals surface area contributed by atoms with Gasteiger partial charge in [0, 0.05) is 23.9 Å². The Morgan fingerprint density at radius 1 is 1.50 bits per heavy atom. The lowest BCUT2D eigenvalue weighted by Crippen LogP contribution is -2.44. The number of carbonyl (C=O) groups is 1. The van der Waals surface area contributed by atoms with E-state index in [1.165, 1.54) is 0 Å². The summed E-state index contributed by atoms with van der Waals surface area (Å²) < 4.78 is 6.31. The number of carbonyl (C=O) groups excluding carboxylic acids is 1. The van der Waals surface area contributed by atoms with Crippen molar-refractivity contribution in [1.82, 2.24) is 10.3 Å². The van der Waals surface area contributed by atoms with Crippen LogP contribution in [0.4, 0.5) is 4.79 Å². The number of hydrogen-bond acceptors (Lipinski definition) is 5. The number of nitrogens with zero attached hydrogens (tertiary/aromatic N) is 1. The molecule has 2 heterocycles. The zero-order chi connectivity index (χ0) is 16.3. The Kier molecular flexibility index (Phi) is 5.26. The van der Waals surface area contributed by atoms with Gasteiger partial charge in [0.1, 0.15) is 10.8 Å². The molecule has 1 unspecified atom stereocenters. The molecule has 0 aliphatic carbocycles. The number of nitrogens with one attached hydrogen (secondary N) is 1. The van der Waals surface area contributed by atoms with E-state index in [2.05, 4.69) is 10.3 Å². The second-order valence-electron chi connectivity index (χ2n) is 6.01. The minimum atomic E-state index is -0.526. The summed E-state index contributed by atoms with van der Waals surface area (Å²) >= 11 is 7.51. The van der Waals surface area contributed by atoms with Gasteiger partial charge in [-0.3, -0.25) is 0 Å². The molecule has 0 aliphatic heterocycles. The summed E-state index contributed by atoms with van der Waals surface area (Å²) in [5, 5.41) is 3.27. The van der Waals surface area contributed by atoms with Crippen molar-refractivity contribution in [2.75, 3.05) is 6.54 Å². The Hall–Kier alpha value is -1.37. The van der Waals surface area contributed by atoms with Crippen molar-refractivity contribution in [3.05, 3.63) is 28.2 Å². The molecule has 120 valence electrons. The standard InChI is InChI=1S/C15H20ClN3O2S/c1-15(2,3)21-14(20)18-9(8-17)6-10-7-11-12(22-10)4-5-13(16)19-11/h4-5,7,9H,6,8,17H2,1-3H3,(H,18,20). The number of alkyl carbamates (subject to hydrolysis) is 1. The number of aromatic nitrogens is 1. The van der Waals surface area contributed by atoms with Gasteiger partial charge in [0.15, 0.2) is 0 Å². The van der Waals surface area contributed by atoms with Gasteiger partial charge in [-0.1, -0.05) is 11.6 Å². The van der Waals surface area contributed by atoms with Crippen LogP contribution >= 0.6 is 22.9 Å². The average molecular weight is 342 g/mol. The van der Waals surface area contributed by atoms with Crippen LogP contribution < -0.4 is 11.1 Å². The van der Waals surface area contributed by atoms with Crippen LogP contribution in [0.1, 0.15) is 25.6 Å². The first-order chi connectivity index (χ1) is 10.3. The van der Waals surface area contributed by atoms with Crippen LogP contribution in [0, 0.1) is 0 Å². The fourth-order valence-electron chi connectivity index (χ4n) is 1.96. The number of pyridine rings is 1. The molecule has 0 aliphatic rings. The first kappa shape index (κ1) is 17.0. The number of thiophene rings is 1. The quantitative estimate of drug-likeness (QED) is 0.836. The zero-order valence-corrected chi connectivity index (χ0v) is 14.4. The minimum absolute atomic E-state index is 0.182. The predicted octanol–water partition coefficient (Wildman–Crippen LogP) is 3.34. The molecule has 1 atom stereocenters. The lowest BCUT2D eigenvalue weighted by atomic mass is 10.2. The van der Waals surface area contributed by atoms with Crippen molar-refractivity contribution in [3.8, 4) is 0 Å². The minimum Gasteiger partial charge on any atom is -0.444 e. The topological polar surface area (TPSA) is 77.2 Å². The summed E-state index contributed by atoms with van der Waals surface area (Å²) in [7, 11) is 0. The second-order valence-corrected chi connectivity index (χ2v) is 7.57. The van der Waals surface area contributed by atoms with Crippen molar-refractivity contribution < 1.29 is 9.53 Å². The Bertz CT molecular complexity index is 666. The SMILES string of the molecule is CC(C)(C)OC(=O)NC(CN)Cc1cc2nc(Cl)ccc2s1. The van der Waals surface area contributed by atoms with Gasteiger partial charge >= 0.3 is 6.09 Å². The Morgan fingerprint density at radius 3 is 2.86 bits per heavy atom. The molecule has 1 amide bonds. The van der Waals surface area contributed by atoms with Crippen LogP contribution in [0.2, 0.25) is 5.15 Å².